The zero-order valence-electron chi connectivity index (χ0n) is 13.4. The SMILES string of the molecule is CC(C)COc1ccccc1CNC(=O)c1ccc(N)cc1.Cl. The molecular formula is C18H23ClN2O2. The Morgan fingerprint density at radius 2 is 1.78 bits per heavy atom. The summed E-state index contributed by atoms with van der Waals surface area (Å²) in [6.07, 6.45) is 0. The summed E-state index contributed by atoms with van der Waals surface area (Å²) in [5, 5.41) is 2.90. The quantitative estimate of drug-likeness (QED) is 0.792. The number of para-hydroxylation sites is 1. The Morgan fingerprint density at radius 3 is 2.43 bits per heavy atom. The van der Waals surface area contributed by atoms with E-state index < -0.39 is 0 Å². The Balaban J connectivity index is 0.00000264. The lowest BCUT2D eigenvalue weighted by Gasteiger charge is -2.13. The number of ether oxygens (including phenoxy) is 1. The van der Waals surface area contributed by atoms with E-state index in [2.05, 4.69) is 19.2 Å². The number of carbonyl (C=O) groups excluding carboxylic acids is 1. The zero-order chi connectivity index (χ0) is 15.9. The molecule has 2 rings (SSSR count). The van der Waals surface area contributed by atoms with Crippen LogP contribution >= 0.6 is 12.4 Å². The molecule has 2 aromatic rings. The first-order chi connectivity index (χ1) is 10.6. The highest BCUT2D eigenvalue weighted by Gasteiger charge is 2.08. The van der Waals surface area contributed by atoms with Gasteiger partial charge in [0.25, 0.3) is 5.91 Å². The maximum absolute atomic E-state index is 12.1. The number of hydrogen-bond acceptors (Lipinski definition) is 3. The van der Waals surface area contributed by atoms with E-state index in [1.165, 1.54) is 0 Å². The summed E-state index contributed by atoms with van der Waals surface area (Å²) in [5.74, 6) is 1.14. The standard InChI is InChI=1S/C18H22N2O2.ClH/c1-13(2)12-22-17-6-4-3-5-15(17)11-20-18(21)14-7-9-16(19)10-8-14;/h3-10,13H,11-12,19H2,1-2H3,(H,20,21);1H. The zero-order valence-corrected chi connectivity index (χ0v) is 14.2. The molecule has 0 aliphatic rings. The van der Waals surface area contributed by atoms with Crippen molar-refractivity contribution in [2.45, 2.75) is 20.4 Å². The third kappa shape index (κ3) is 5.83. The Kier molecular flexibility index (Phi) is 7.42. The number of nitrogens with two attached hydrogens (primary N) is 1. The summed E-state index contributed by atoms with van der Waals surface area (Å²) >= 11 is 0. The van der Waals surface area contributed by atoms with E-state index in [0.717, 1.165) is 11.3 Å². The fourth-order valence-corrected chi connectivity index (χ4v) is 1.96. The first kappa shape index (κ1) is 18.8. The topological polar surface area (TPSA) is 64.3 Å². The van der Waals surface area contributed by atoms with Crippen LogP contribution in [0.1, 0.15) is 29.8 Å². The van der Waals surface area contributed by atoms with Crippen molar-refractivity contribution < 1.29 is 9.53 Å². The summed E-state index contributed by atoms with van der Waals surface area (Å²) in [7, 11) is 0. The van der Waals surface area contributed by atoms with Gasteiger partial charge in [-0.25, -0.2) is 0 Å². The van der Waals surface area contributed by atoms with Gasteiger partial charge >= 0.3 is 0 Å². The van der Waals surface area contributed by atoms with Gasteiger partial charge in [-0.15, -0.1) is 12.4 Å². The largest absolute Gasteiger partial charge is 0.493 e. The number of halogens is 1. The van der Waals surface area contributed by atoms with Crippen molar-refractivity contribution in [2.75, 3.05) is 12.3 Å². The minimum absolute atomic E-state index is 0. The van der Waals surface area contributed by atoms with Crippen molar-refractivity contribution in [1.29, 1.82) is 0 Å². The highest BCUT2D eigenvalue weighted by atomic mass is 35.5. The van der Waals surface area contributed by atoms with Gasteiger partial charge in [0.2, 0.25) is 0 Å². The van der Waals surface area contributed by atoms with Gasteiger partial charge in [-0.05, 0) is 36.2 Å². The number of nitrogen functional groups attached to an aromatic ring is 1. The molecule has 0 aliphatic heterocycles. The molecule has 0 saturated carbocycles. The molecule has 0 aliphatic carbocycles. The van der Waals surface area contributed by atoms with Crippen molar-refractivity contribution in [1.82, 2.24) is 5.32 Å². The van der Waals surface area contributed by atoms with Crippen molar-refractivity contribution >= 4 is 24.0 Å². The average molecular weight is 335 g/mol. The van der Waals surface area contributed by atoms with Crippen LogP contribution in [0.15, 0.2) is 48.5 Å². The number of anilines is 1. The lowest BCUT2D eigenvalue weighted by molar-refractivity contribution is 0.0950. The molecule has 0 spiro atoms. The fraction of sp³-hybridized carbons (Fsp3) is 0.278. The predicted octanol–water partition coefficient (Wildman–Crippen LogP) is 3.66. The number of benzene rings is 2. The molecule has 5 heteroatoms. The summed E-state index contributed by atoms with van der Waals surface area (Å²) in [5.41, 5.74) is 7.82. The lowest BCUT2D eigenvalue weighted by atomic mass is 10.1. The van der Waals surface area contributed by atoms with E-state index in [-0.39, 0.29) is 18.3 Å². The van der Waals surface area contributed by atoms with Gasteiger partial charge in [0.1, 0.15) is 5.75 Å². The first-order valence-electron chi connectivity index (χ1n) is 7.40. The van der Waals surface area contributed by atoms with Crippen molar-refractivity contribution in [3.63, 3.8) is 0 Å². The molecule has 0 aromatic heterocycles. The maximum Gasteiger partial charge on any atom is 0.251 e. The van der Waals surface area contributed by atoms with Gasteiger partial charge < -0.3 is 15.8 Å². The Morgan fingerprint density at radius 1 is 1.13 bits per heavy atom. The Bertz CT molecular complexity index is 627. The summed E-state index contributed by atoms with van der Waals surface area (Å²) in [4.78, 5) is 12.1. The first-order valence-corrected chi connectivity index (χ1v) is 7.40. The van der Waals surface area contributed by atoms with E-state index in [4.69, 9.17) is 10.5 Å². The second kappa shape index (κ2) is 9.06. The van der Waals surface area contributed by atoms with E-state index >= 15 is 0 Å². The highest BCUT2D eigenvalue weighted by molar-refractivity contribution is 5.94. The summed E-state index contributed by atoms with van der Waals surface area (Å²) in [6, 6.07) is 14.6. The highest BCUT2D eigenvalue weighted by Crippen LogP contribution is 2.18. The van der Waals surface area contributed by atoms with Crippen molar-refractivity contribution in [3.8, 4) is 5.75 Å². The van der Waals surface area contributed by atoms with Crippen molar-refractivity contribution in [2.24, 2.45) is 5.92 Å². The number of amides is 1. The van der Waals surface area contributed by atoms with Gasteiger partial charge in [-0.2, -0.15) is 0 Å². The molecule has 1 amide bonds. The van der Waals surface area contributed by atoms with E-state index in [0.29, 0.717) is 30.3 Å². The van der Waals surface area contributed by atoms with Crippen LogP contribution in [0.3, 0.4) is 0 Å². The molecule has 23 heavy (non-hydrogen) atoms. The second-order valence-electron chi connectivity index (χ2n) is 5.62. The van der Waals surface area contributed by atoms with Crippen LogP contribution < -0.4 is 15.8 Å². The molecule has 3 N–H and O–H groups in total. The molecule has 0 heterocycles. The molecule has 124 valence electrons. The Hall–Kier alpha value is -2.20. The van der Waals surface area contributed by atoms with Crippen LogP contribution in [-0.2, 0) is 6.54 Å². The van der Waals surface area contributed by atoms with Crippen molar-refractivity contribution in [3.05, 3.63) is 59.7 Å². The average Bonchev–Trinajstić information content (AvgIpc) is 2.52. The number of carbonyl (C=O) groups is 1. The Labute approximate surface area is 143 Å². The fourth-order valence-electron chi connectivity index (χ4n) is 1.96. The van der Waals surface area contributed by atoms with Gasteiger partial charge in [-0.3, -0.25) is 4.79 Å². The van der Waals surface area contributed by atoms with Crippen LogP contribution in [-0.4, -0.2) is 12.5 Å². The predicted molar refractivity (Wildman–Crippen MR) is 96.0 cm³/mol. The monoisotopic (exact) mass is 334 g/mol. The van der Waals surface area contributed by atoms with Crippen LogP contribution in [0.2, 0.25) is 0 Å². The minimum Gasteiger partial charge on any atom is -0.493 e. The number of rotatable bonds is 6. The van der Waals surface area contributed by atoms with E-state index in [1.54, 1.807) is 24.3 Å². The molecule has 2 aromatic carbocycles. The summed E-state index contributed by atoms with van der Waals surface area (Å²) in [6.45, 7) is 5.29. The van der Waals surface area contributed by atoms with E-state index in [9.17, 15) is 4.79 Å². The van der Waals surface area contributed by atoms with Gasteiger partial charge in [0.05, 0.1) is 6.61 Å². The number of hydrogen-bond donors (Lipinski definition) is 2. The normalized spacial score (nSPS) is 10.0. The minimum atomic E-state index is -0.126. The lowest BCUT2D eigenvalue weighted by Crippen LogP contribution is -2.23. The van der Waals surface area contributed by atoms with Gasteiger partial charge in [0, 0.05) is 23.4 Å². The van der Waals surface area contributed by atoms with Crippen LogP contribution in [0.5, 0.6) is 5.75 Å². The molecular weight excluding hydrogens is 312 g/mol. The molecule has 0 bridgehead atoms. The summed E-state index contributed by atoms with van der Waals surface area (Å²) < 4.78 is 5.78. The molecule has 0 fully saturated rings. The van der Waals surface area contributed by atoms with Gasteiger partial charge in [0.15, 0.2) is 0 Å². The molecule has 0 radical (unpaired) electrons. The number of nitrogens with one attached hydrogen (secondary N) is 1. The van der Waals surface area contributed by atoms with Crippen LogP contribution in [0, 0.1) is 5.92 Å². The van der Waals surface area contributed by atoms with E-state index in [1.807, 2.05) is 24.3 Å². The third-order valence-corrected chi connectivity index (χ3v) is 3.16. The van der Waals surface area contributed by atoms with Gasteiger partial charge in [-0.1, -0.05) is 32.0 Å². The molecule has 0 saturated heterocycles. The third-order valence-electron chi connectivity index (χ3n) is 3.16. The smallest absolute Gasteiger partial charge is 0.251 e. The second-order valence-corrected chi connectivity index (χ2v) is 5.62. The van der Waals surface area contributed by atoms with Crippen LogP contribution in [0.25, 0.3) is 0 Å². The molecule has 4 nitrogen and oxygen atoms in total. The molecule has 0 atom stereocenters. The van der Waals surface area contributed by atoms with Crippen LogP contribution in [0.4, 0.5) is 5.69 Å². The maximum atomic E-state index is 12.1. The molecule has 0 unspecified atom stereocenters.